The highest BCUT2D eigenvalue weighted by atomic mass is 19.4. The van der Waals surface area contributed by atoms with Crippen LogP contribution in [0.2, 0.25) is 0 Å². The summed E-state index contributed by atoms with van der Waals surface area (Å²) >= 11 is 0. The van der Waals surface area contributed by atoms with Crippen LogP contribution in [0, 0.1) is 5.92 Å². The number of hydrogen-bond donors (Lipinski definition) is 1. The number of ether oxygens (including phenoxy) is 1. The summed E-state index contributed by atoms with van der Waals surface area (Å²) in [5, 5.41) is 3.27. The molecule has 0 amide bonds. The second kappa shape index (κ2) is 6.98. The summed E-state index contributed by atoms with van der Waals surface area (Å²) in [6.45, 7) is 4.86. The number of alkyl halides is 3. The van der Waals surface area contributed by atoms with E-state index in [1.54, 1.807) is 12.1 Å². The van der Waals surface area contributed by atoms with Gasteiger partial charge in [0.25, 0.3) is 0 Å². The molecule has 0 fully saturated rings. The smallest absolute Gasteiger partial charge is 0.416 e. The van der Waals surface area contributed by atoms with Gasteiger partial charge in [-0.3, -0.25) is 0 Å². The molecule has 0 atom stereocenters. The quantitative estimate of drug-likeness (QED) is 0.775. The molecule has 2 aromatic carbocycles. The highest BCUT2D eigenvalue weighted by Crippen LogP contribution is 2.34. The molecule has 1 aliphatic heterocycles. The summed E-state index contributed by atoms with van der Waals surface area (Å²) in [6.07, 6.45) is -3.00. The Morgan fingerprint density at radius 2 is 1.92 bits per heavy atom. The molecular formula is C20H22F3NO. The van der Waals surface area contributed by atoms with Gasteiger partial charge in [0, 0.05) is 12.2 Å². The molecule has 0 aromatic heterocycles. The second-order valence-electron chi connectivity index (χ2n) is 6.87. The molecule has 0 spiro atoms. The summed E-state index contributed by atoms with van der Waals surface area (Å²) in [4.78, 5) is 0. The molecule has 25 heavy (non-hydrogen) atoms. The van der Waals surface area contributed by atoms with Gasteiger partial charge in [-0.15, -0.1) is 0 Å². The van der Waals surface area contributed by atoms with Crippen molar-refractivity contribution in [3.05, 3.63) is 58.7 Å². The highest BCUT2D eigenvalue weighted by Gasteiger charge is 2.33. The minimum atomic E-state index is -4.35. The van der Waals surface area contributed by atoms with Gasteiger partial charge in [-0.25, -0.2) is 0 Å². The molecule has 0 bridgehead atoms. The van der Waals surface area contributed by atoms with Crippen LogP contribution in [0.25, 0.3) is 0 Å². The van der Waals surface area contributed by atoms with Crippen molar-refractivity contribution < 1.29 is 17.9 Å². The predicted octanol–water partition coefficient (Wildman–Crippen LogP) is 5.45. The van der Waals surface area contributed by atoms with Crippen LogP contribution in [0.15, 0.2) is 36.4 Å². The third-order valence-electron chi connectivity index (χ3n) is 4.30. The number of benzene rings is 2. The van der Waals surface area contributed by atoms with Gasteiger partial charge in [-0.2, -0.15) is 13.2 Å². The van der Waals surface area contributed by atoms with Gasteiger partial charge >= 0.3 is 6.18 Å². The lowest BCUT2D eigenvalue weighted by molar-refractivity contribution is -0.138. The fraction of sp³-hybridized carbons (Fsp3) is 0.400. The predicted molar refractivity (Wildman–Crippen MR) is 93.0 cm³/mol. The number of rotatable bonds is 5. The first kappa shape index (κ1) is 17.6. The number of nitrogens with one attached hydrogen (secondary N) is 1. The molecule has 134 valence electrons. The Kier molecular flexibility index (Phi) is 4.93. The first-order valence-electron chi connectivity index (χ1n) is 8.51. The minimum absolute atomic E-state index is 0.122. The highest BCUT2D eigenvalue weighted by molar-refractivity contribution is 5.57. The molecule has 0 saturated carbocycles. The second-order valence-corrected chi connectivity index (χ2v) is 6.87. The van der Waals surface area contributed by atoms with Crippen molar-refractivity contribution in [1.82, 2.24) is 0 Å². The van der Waals surface area contributed by atoms with Crippen molar-refractivity contribution in [2.24, 2.45) is 5.92 Å². The fourth-order valence-electron chi connectivity index (χ4n) is 3.13. The first-order chi connectivity index (χ1) is 11.8. The summed E-state index contributed by atoms with van der Waals surface area (Å²) in [5.41, 5.74) is 2.60. The Bertz CT molecular complexity index is 753. The van der Waals surface area contributed by atoms with E-state index in [1.807, 2.05) is 32.0 Å². The molecule has 1 heterocycles. The fourth-order valence-corrected chi connectivity index (χ4v) is 3.13. The van der Waals surface area contributed by atoms with Crippen LogP contribution in [0.4, 0.5) is 18.9 Å². The van der Waals surface area contributed by atoms with Crippen molar-refractivity contribution in [3.63, 3.8) is 0 Å². The van der Waals surface area contributed by atoms with Crippen molar-refractivity contribution in [2.75, 3.05) is 11.9 Å². The Hall–Kier alpha value is -2.17. The van der Waals surface area contributed by atoms with Crippen molar-refractivity contribution >= 4 is 5.69 Å². The van der Waals surface area contributed by atoms with E-state index in [-0.39, 0.29) is 12.5 Å². The van der Waals surface area contributed by atoms with Crippen molar-refractivity contribution in [3.8, 4) is 5.75 Å². The molecule has 0 unspecified atom stereocenters. The van der Waals surface area contributed by atoms with Gasteiger partial charge in [0.15, 0.2) is 0 Å². The van der Waals surface area contributed by atoms with Gasteiger partial charge < -0.3 is 10.1 Å². The van der Waals surface area contributed by atoms with E-state index in [9.17, 15) is 13.2 Å². The average Bonchev–Trinajstić information content (AvgIpc) is 3.00. The maximum Gasteiger partial charge on any atom is 0.416 e. The minimum Gasteiger partial charge on any atom is -0.489 e. The van der Waals surface area contributed by atoms with Gasteiger partial charge in [0.2, 0.25) is 0 Å². The SMILES string of the molecule is CC(C)Cc1ccc(COc2ccc3c(c2)CCN3)cc1C(F)(F)F. The maximum atomic E-state index is 13.3. The molecule has 1 aliphatic rings. The van der Waals surface area contributed by atoms with Crippen molar-refractivity contribution in [2.45, 2.75) is 39.5 Å². The van der Waals surface area contributed by atoms with Crippen LogP contribution in [-0.4, -0.2) is 6.54 Å². The van der Waals surface area contributed by atoms with E-state index in [4.69, 9.17) is 4.74 Å². The molecule has 5 heteroatoms. The Balaban J connectivity index is 1.76. The monoisotopic (exact) mass is 349 g/mol. The summed E-state index contributed by atoms with van der Waals surface area (Å²) < 4.78 is 45.7. The number of anilines is 1. The summed E-state index contributed by atoms with van der Waals surface area (Å²) in [5.74, 6) is 0.852. The molecule has 0 aliphatic carbocycles. The molecule has 3 rings (SSSR count). The zero-order valence-electron chi connectivity index (χ0n) is 14.4. The van der Waals surface area contributed by atoms with Gasteiger partial charge in [0.05, 0.1) is 5.56 Å². The van der Waals surface area contributed by atoms with E-state index in [0.717, 1.165) is 18.7 Å². The third-order valence-corrected chi connectivity index (χ3v) is 4.30. The lowest BCUT2D eigenvalue weighted by Gasteiger charge is -2.16. The Morgan fingerprint density at radius 3 is 2.64 bits per heavy atom. The van der Waals surface area contributed by atoms with Crippen LogP contribution in [0.5, 0.6) is 5.75 Å². The summed E-state index contributed by atoms with van der Waals surface area (Å²) in [6, 6.07) is 10.3. The lowest BCUT2D eigenvalue weighted by atomic mass is 9.96. The zero-order valence-corrected chi connectivity index (χ0v) is 14.4. The molecule has 0 saturated heterocycles. The number of halogens is 3. The van der Waals surface area contributed by atoms with E-state index in [2.05, 4.69) is 5.32 Å². The Morgan fingerprint density at radius 1 is 1.12 bits per heavy atom. The first-order valence-corrected chi connectivity index (χ1v) is 8.51. The third kappa shape index (κ3) is 4.27. The van der Waals surface area contributed by atoms with Crippen LogP contribution in [-0.2, 0) is 25.6 Å². The van der Waals surface area contributed by atoms with Gasteiger partial charge in [-0.1, -0.05) is 26.0 Å². The molecule has 2 aromatic rings. The number of hydrogen-bond acceptors (Lipinski definition) is 2. The summed E-state index contributed by atoms with van der Waals surface area (Å²) in [7, 11) is 0. The van der Waals surface area contributed by atoms with E-state index in [0.29, 0.717) is 23.3 Å². The largest absolute Gasteiger partial charge is 0.489 e. The Labute approximate surface area is 146 Å². The zero-order chi connectivity index (χ0) is 18.0. The number of fused-ring (bicyclic) bond motifs is 1. The molecular weight excluding hydrogens is 327 g/mol. The standard InChI is InChI=1S/C20H22F3NO/c1-13(2)9-15-4-3-14(10-18(15)20(21,22)23)12-25-17-5-6-19-16(11-17)7-8-24-19/h3-6,10-11,13,24H,7-9,12H2,1-2H3. The van der Waals surface area contributed by atoms with Crippen LogP contribution < -0.4 is 10.1 Å². The van der Waals surface area contributed by atoms with Gasteiger partial charge in [-0.05, 0) is 59.7 Å². The normalized spacial score (nSPS) is 13.7. The van der Waals surface area contributed by atoms with Crippen LogP contribution >= 0.6 is 0 Å². The molecule has 0 radical (unpaired) electrons. The van der Waals surface area contributed by atoms with E-state index >= 15 is 0 Å². The molecule has 2 nitrogen and oxygen atoms in total. The van der Waals surface area contributed by atoms with Crippen molar-refractivity contribution in [1.29, 1.82) is 0 Å². The lowest BCUT2D eigenvalue weighted by Crippen LogP contribution is -2.12. The average molecular weight is 349 g/mol. The van der Waals surface area contributed by atoms with E-state index in [1.165, 1.54) is 11.6 Å². The maximum absolute atomic E-state index is 13.3. The topological polar surface area (TPSA) is 21.3 Å². The van der Waals surface area contributed by atoms with Crippen LogP contribution in [0.3, 0.4) is 0 Å². The van der Waals surface area contributed by atoms with Gasteiger partial charge in [0.1, 0.15) is 12.4 Å². The van der Waals surface area contributed by atoms with Crippen LogP contribution in [0.1, 0.15) is 36.1 Å². The van der Waals surface area contributed by atoms with E-state index < -0.39 is 11.7 Å². The molecule has 1 N–H and O–H groups in total.